The quantitative estimate of drug-likeness (QED) is 0.631. The SMILES string of the molecule is CCOc1ccccc1/C=N/NC(=O)COc1ccccc1F. The lowest BCUT2D eigenvalue weighted by molar-refractivity contribution is -0.123. The predicted molar refractivity (Wildman–Crippen MR) is 85.2 cm³/mol. The monoisotopic (exact) mass is 316 g/mol. The molecule has 6 heteroatoms. The average molecular weight is 316 g/mol. The van der Waals surface area contributed by atoms with Gasteiger partial charge >= 0.3 is 0 Å². The van der Waals surface area contributed by atoms with Gasteiger partial charge in [0.2, 0.25) is 0 Å². The van der Waals surface area contributed by atoms with Crippen molar-refractivity contribution in [3.63, 3.8) is 0 Å². The summed E-state index contributed by atoms with van der Waals surface area (Å²) in [6.07, 6.45) is 1.48. The Morgan fingerprint density at radius 2 is 1.83 bits per heavy atom. The summed E-state index contributed by atoms with van der Waals surface area (Å²) in [5, 5.41) is 3.84. The zero-order valence-electron chi connectivity index (χ0n) is 12.7. The lowest BCUT2D eigenvalue weighted by Crippen LogP contribution is -2.24. The van der Waals surface area contributed by atoms with E-state index in [9.17, 15) is 9.18 Å². The van der Waals surface area contributed by atoms with Crippen LogP contribution in [0.5, 0.6) is 11.5 Å². The van der Waals surface area contributed by atoms with Gasteiger partial charge in [0, 0.05) is 5.56 Å². The highest BCUT2D eigenvalue weighted by Crippen LogP contribution is 2.16. The second-order valence-electron chi connectivity index (χ2n) is 4.48. The van der Waals surface area contributed by atoms with Crippen LogP contribution in [0, 0.1) is 5.82 Å². The molecule has 0 aliphatic heterocycles. The van der Waals surface area contributed by atoms with Gasteiger partial charge < -0.3 is 9.47 Å². The van der Waals surface area contributed by atoms with E-state index in [1.807, 2.05) is 31.2 Å². The number of ether oxygens (including phenoxy) is 2. The summed E-state index contributed by atoms with van der Waals surface area (Å²) in [5.41, 5.74) is 3.06. The Morgan fingerprint density at radius 1 is 1.13 bits per heavy atom. The Kier molecular flexibility index (Phi) is 6.11. The second-order valence-corrected chi connectivity index (χ2v) is 4.48. The molecule has 2 aromatic rings. The lowest BCUT2D eigenvalue weighted by atomic mass is 10.2. The van der Waals surface area contributed by atoms with E-state index in [4.69, 9.17) is 9.47 Å². The lowest BCUT2D eigenvalue weighted by Gasteiger charge is -2.06. The highest BCUT2D eigenvalue weighted by Gasteiger charge is 2.05. The molecule has 0 atom stereocenters. The van der Waals surface area contributed by atoms with Crippen molar-refractivity contribution < 1.29 is 18.7 Å². The minimum Gasteiger partial charge on any atom is -0.493 e. The van der Waals surface area contributed by atoms with Gasteiger partial charge in [0.05, 0.1) is 12.8 Å². The summed E-state index contributed by atoms with van der Waals surface area (Å²) in [6.45, 7) is 2.09. The Hall–Kier alpha value is -2.89. The summed E-state index contributed by atoms with van der Waals surface area (Å²) in [4.78, 5) is 11.6. The number of nitrogens with one attached hydrogen (secondary N) is 1. The van der Waals surface area contributed by atoms with Gasteiger partial charge in [-0.1, -0.05) is 24.3 Å². The van der Waals surface area contributed by atoms with Gasteiger partial charge in [0.1, 0.15) is 5.75 Å². The molecule has 0 spiro atoms. The normalized spacial score (nSPS) is 10.5. The molecule has 0 aliphatic carbocycles. The third-order valence-corrected chi connectivity index (χ3v) is 2.81. The Morgan fingerprint density at radius 3 is 2.57 bits per heavy atom. The summed E-state index contributed by atoms with van der Waals surface area (Å²) in [6, 6.07) is 13.2. The third-order valence-electron chi connectivity index (χ3n) is 2.81. The zero-order valence-corrected chi connectivity index (χ0v) is 12.7. The number of hydrogen-bond acceptors (Lipinski definition) is 4. The summed E-state index contributed by atoms with van der Waals surface area (Å²) in [5.74, 6) is -0.309. The predicted octanol–water partition coefficient (Wildman–Crippen LogP) is 2.75. The number of carbonyl (C=O) groups excluding carboxylic acids is 1. The molecule has 0 aromatic heterocycles. The van der Waals surface area contributed by atoms with Crippen LogP contribution in [-0.2, 0) is 4.79 Å². The molecule has 0 bridgehead atoms. The molecule has 1 N–H and O–H groups in total. The molecule has 0 saturated carbocycles. The number of para-hydroxylation sites is 2. The largest absolute Gasteiger partial charge is 0.493 e. The molecule has 2 aromatic carbocycles. The highest BCUT2D eigenvalue weighted by atomic mass is 19.1. The first-order valence-electron chi connectivity index (χ1n) is 7.11. The van der Waals surface area contributed by atoms with Crippen LogP contribution >= 0.6 is 0 Å². The van der Waals surface area contributed by atoms with Gasteiger partial charge in [0.15, 0.2) is 18.2 Å². The van der Waals surface area contributed by atoms with Crippen molar-refractivity contribution in [2.24, 2.45) is 5.10 Å². The van der Waals surface area contributed by atoms with Crippen molar-refractivity contribution in [2.75, 3.05) is 13.2 Å². The van der Waals surface area contributed by atoms with Crippen LogP contribution in [0.15, 0.2) is 53.6 Å². The molecule has 5 nitrogen and oxygen atoms in total. The molecule has 0 unspecified atom stereocenters. The molecular formula is C17H17FN2O3. The van der Waals surface area contributed by atoms with E-state index in [0.717, 1.165) is 5.56 Å². The number of benzene rings is 2. The number of rotatable bonds is 7. The molecule has 23 heavy (non-hydrogen) atoms. The van der Waals surface area contributed by atoms with Gasteiger partial charge in [-0.25, -0.2) is 9.82 Å². The standard InChI is InChI=1S/C17H17FN2O3/c1-2-22-15-9-5-3-7-13(15)11-19-20-17(21)12-23-16-10-6-4-8-14(16)18/h3-11H,2,12H2,1H3,(H,20,21)/b19-11+. The molecule has 120 valence electrons. The molecule has 0 fully saturated rings. The summed E-state index contributed by atoms with van der Waals surface area (Å²) < 4.78 is 23.9. The molecule has 0 heterocycles. The van der Waals surface area contributed by atoms with Crippen LogP contribution in [0.1, 0.15) is 12.5 Å². The highest BCUT2D eigenvalue weighted by molar-refractivity contribution is 5.85. The van der Waals surface area contributed by atoms with E-state index in [0.29, 0.717) is 12.4 Å². The van der Waals surface area contributed by atoms with Crippen molar-refractivity contribution in [1.29, 1.82) is 0 Å². The maximum absolute atomic E-state index is 13.3. The minimum absolute atomic E-state index is 0.0216. The number of hydrazone groups is 1. The minimum atomic E-state index is -0.519. The fraction of sp³-hybridized carbons (Fsp3) is 0.176. The fourth-order valence-electron chi connectivity index (χ4n) is 1.79. The number of amides is 1. The third kappa shape index (κ3) is 5.10. The summed E-state index contributed by atoms with van der Waals surface area (Å²) >= 11 is 0. The van der Waals surface area contributed by atoms with Crippen molar-refractivity contribution in [3.8, 4) is 11.5 Å². The molecule has 0 aliphatic rings. The molecule has 1 amide bonds. The van der Waals surface area contributed by atoms with Crippen molar-refractivity contribution in [1.82, 2.24) is 5.43 Å². The van der Waals surface area contributed by atoms with Crippen molar-refractivity contribution in [3.05, 3.63) is 59.9 Å². The van der Waals surface area contributed by atoms with E-state index in [1.54, 1.807) is 12.1 Å². The first-order valence-corrected chi connectivity index (χ1v) is 7.11. The molecule has 0 radical (unpaired) electrons. The Labute approximate surface area is 133 Å². The fourth-order valence-corrected chi connectivity index (χ4v) is 1.79. The van der Waals surface area contributed by atoms with Crippen LogP contribution in [-0.4, -0.2) is 25.3 Å². The number of nitrogens with zero attached hydrogens (tertiary/aromatic N) is 1. The first-order chi connectivity index (χ1) is 11.2. The van der Waals surface area contributed by atoms with Gasteiger partial charge in [-0.15, -0.1) is 0 Å². The molecule has 2 rings (SSSR count). The van der Waals surface area contributed by atoms with Crippen LogP contribution in [0.3, 0.4) is 0 Å². The van der Waals surface area contributed by atoms with Crippen molar-refractivity contribution >= 4 is 12.1 Å². The first kappa shape index (κ1) is 16.5. The van der Waals surface area contributed by atoms with E-state index in [-0.39, 0.29) is 12.4 Å². The van der Waals surface area contributed by atoms with Crippen LogP contribution in [0.2, 0.25) is 0 Å². The number of halogens is 1. The molecule has 0 saturated heterocycles. The summed E-state index contributed by atoms with van der Waals surface area (Å²) in [7, 11) is 0. The van der Waals surface area contributed by atoms with Gasteiger partial charge in [-0.3, -0.25) is 4.79 Å². The van der Waals surface area contributed by atoms with E-state index < -0.39 is 11.7 Å². The maximum atomic E-state index is 13.3. The van der Waals surface area contributed by atoms with E-state index in [1.165, 1.54) is 18.3 Å². The maximum Gasteiger partial charge on any atom is 0.277 e. The van der Waals surface area contributed by atoms with Gasteiger partial charge in [-0.05, 0) is 31.2 Å². The van der Waals surface area contributed by atoms with Gasteiger partial charge in [-0.2, -0.15) is 5.10 Å². The second kappa shape index (κ2) is 8.53. The number of hydrogen-bond donors (Lipinski definition) is 1. The topological polar surface area (TPSA) is 59.9 Å². The smallest absolute Gasteiger partial charge is 0.277 e. The van der Waals surface area contributed by atoms with E-state index >= 15 is 0 Å². The van der Waals surface area contributed by atoms with E-state index in [2.05, 4.69) is 10.5 Å². The van der Waals surface area contributed by atoms with Crippen LogP contribution in [0.25, 0.3) is 0 Å². The zero-order chi connectivity index (χ0) is 16.5. The average Bonchev–Trinajstić information content (AvgIpc) is 2.56. The molecular weight excluding hydrogens is 299 g/mol. The Balaban J connectivity index is 1.86. The van der Waals surface area contributed by atoms with Crippen LogP contribution in [0.4, 0.5) is 4.39 Å². The van der Waals surface area contributed by atoms with Crippen molar-refractivity contribution in [2.45, 2.75) is 6.92 Å². The Bertz CT molecular complexity index is 689. The van der Waals surface area contributed by atoms with Crippen LogP contribution < -0.4 is 14.9 Å². The van der Waals surface area contributed by atoms with Gasteiger partial charge in [0.25, 0.3) is 5.91 Å². The number of carbonyl (C=O) groups is 1.